The Morgan fingerprint density at radius 2 is 1.86 bits per heavy atom. The molecule has 0 spiro atoms. The van der Waals surface area contributed by atoms with E-state index in [1.807, 2.05) is 33.0 Å². The molecule has 1 rings (SSSR count). The number of sulfonamides is 1. The van der Waals surface area contributed by atoms with Crippen molar-refractivity contribution in [3.05, 3.63) is 29.3 Å². The van der Waals surface area contributed by atoms with Crippen molar-refractivity contribution in [3.63, 3.8) is 0 Å². The van der Waals surface area contributed by atoms with Crippen molar-refractivity contribution in [2.24, 2.45) is 5.92 Å². The maximum Gasteiger partial charge on any atom is 0.241 e. The van der Waals surface area contributed by atoms with Gasteiger partial charge in [0.15, 0.2) is 0 Å². The smallest absolute Gasteiger partial charge is 0.241 e. The second-order valence-electron chi connectivity index (χ2n) is 5.98. The van der Waals surface area contributed by atoms with Gasteiger partial charge < -0.3 is 5.32 Å². The van der Waals surface area contributed by atoms with E-state index in [0.29, 0.717) is 23.8 Å². The van der Waals surface area contributed by atoms with Gasteiger partial charge in [0, 0.05) is 12.6 Å². The summed E-state index contributed by atoms with van der Waals surface area (Å²) in [5, 5.41) is 3.05. The van der Waals surface area contributed by atoms with E-state index in [0.717, 1.165) is 17.5 Å². The van der Waals surface area contributed by atoms with Crippen molar-refractivity contribution in [1.29, 1.82) is 0 Å². The fourth-order valence-electron chi connectivity index (χ4n) is 2.54. The molecule has 5 heteroatoms. The van der Waals surface area contributed by atoms with Gasteiger partial charge in [-0.05, 0) is 49.9 Å². The Bertz CT molecular complexity index is 553. The lowest BCUT2D eigenvalue weighted by atomic mass is 10.1. The van der Waals surface area contributed by atoms with Crippen LogP contribution in [0.2, 0.25) is 0 Å². The van der Waals surface area contributed by atoms with Crippen LogP contribution in [-0.2, 0) is 23.0 Å². The van der Waals surface area contributed by atoms with Crippen LogP contribution in [0.15, 0.2) is 23.1 Å². The Morgan fingerprint density at radius 3 is 2.38 bits per heavy atom. The van der Waals surface area contributed by atoms with Gasteiger partial charge in [-0.25, -0.2) is 13.1 Å². The van der Waals surface area contributed by atoms with Crippen LogP contribution >= 0.6 is 0 Å². The summed E-state index contributed by atoms with van der Waals surface area (Å²) in [6.45, 7) is 8.74. The van der Waals surface area contributed by atoms with Crippen molar-refractivity contribution < 1.29 is 8.42 Å². The van der Waals surface area contributed by atoms with E-state index in [2.05, 4.69) is 23.9 Å². The molecule has 4 nitrogen and oxygen atoms in total. The highest BCUT2D eigenvalue weighted by molar-refractivity contribution is 7.89. The Kier molecular flexibility index (Phi) is 6.84. The molecular formula is C16H28N2O2S. The summed E-state index contributed by atoms with van der Waals surface area (Å²) in [6, 6.07) is 5.60. The summed E-state index contributed by atoms with van der Waals surface area (Å²) < 4.78 is 28.1. The predicted molar refractivity (Wildman–Crippen MR) is 87.8 cm³/mol. The summed E-state index contributed by atoms with van der Waals surface area (Å²) in [7, 11) is -1.61. The fourth-order valence-corrected chi connectivity index (χ4v) is 4.16. The van der Waals surface area contributed by atoms with Crippen molar-refractivity contribution in [2.75, 3.05) is 7.05 Å². The van der Waals surface area contributed by atoms with Crippen LogP contribution in [0.1, 0.15) is 45.2 Å². The van der Waals surface area contributed by atoms with E-state index in [-0.39, 0.29) is 6.04 Å². The van der Waals surface area contributed by atoms with Crippen LogP contribution in [0.3, 0.4) is 0 Å². The molecule has 0 aliphatic rings. The zero-order valence-corrected chi connectivity index (χ0v) is 14.5. The third kappa shape index (κ3) is 5.41. The second kappa shape index (κ2) is 7.92. The third-order valence-corrected chi connectivity index (χ3v) is 5.04. The molecule has 21 heavy (non-hydrogen) atoms. The van der Waals surface area contributed by atoms with Crippen LogP contribution in [0.4, 0.5) is 0 Å². The molecule has 0 aliphatic carbocycles. The van der Waals surface area contributed by atoms with E-state index >= 15 is 0 Å². The number of aryl methyl sites for hydroxylation is 1. The first kappa shape index (κ1) is 18.1. The average molecular weight is 312 g/mol. The number of nitrogens with one attached hydrogen (secondary N) is 2. The molecule has 1 unspecified atom stereocenters. The summed E-state index contributed by atoms with van der Waals surface area (Å²) in [5.41, 5.74) is 1.84. The molecule has 0 heterocycles. The fraction of sp³-hybridized carbons (Fsp3) is 0.625. The minimum atomic E-state index is -3.47. The molecule has 0 aromatic heterocycles. The maximum absolute atomic E-state index is 12.6. The lowest BCUT2D eigenvalue weighted by Gasteiger charge is -2.18. The van der Waals surface area contributed by atoms with Crippen molar-refractivity contribution >= 4 is 10.0 Å². The molecule has 0 bridgehead atoms. The van der Waals surface area contributed by atoms with Gasteiger partial charge in [0.2, 0.25) is 10.0 Å². The van der Waals surface area contributed by atoms with E-state index in [1.54, 1.807) is 6.07 Å². The first-order valence-electron chi connectivity index (χ1n) is 7.58. The van der Waals surface area contributed by atoms with Gasteiger partial charge in [-0.2, -0.15) is 0 Å². The van der Waals surface area contributed by atoms with Gasteiger partial charge in [-0.15, -0.1) is 0 Å². The normalized spacial score (nSPS) is 13.6. The quantitative estimate of drug-likeness (QED) is 0.776. The molecule has 0 saturated heterocycles. The number of benzene rings is 1. The minimum absolute atomic E-state index is 0.0623. The van der Waals surface area contributed by atoms with Crippen molar-refractivity contribution in [1.82, 2.24) is 10.0 Å². The highest BCUT2D eigenvalue weighted by Crippen LogP contribution is 2.20. The van der Waals surface area contributed by atoms with E-state index in [1.165, 1.54) is 0 Å². The van der Waals surface area contributed by atoms with Gasteiger partial charge in [-0.3, -0.25) is 0 Å². The van der Waals surface area contributed by atoms with Crippen molar-refractivity contribution in [2.45, 2.75) is 58.0 Å². The first-order chi connectivity index (χ1) is 9.80. The summed E-state index contributed by atoms with van der Waals surface area (Å²) in [6.07, 6.45) is 1.53. The third-order valence-electron chi connectivity index (χ3n) is 3.36. The van der Waals surface area contributed by atoms with E-state index in [4.69, 9.17) is 0 Å². The van der Waals surface area contributed by atoms with Gasteiger partial charge in [-0.1, -0.05) is 32.9 Å². The molecule has 1 aromatic carbocycles. The molecular weight excluding hydrogens is 284 g/mol. The molecule has 2 N–H and O–H groups in total. The molecule has 1 atom stereocenters. The second-order valence-corrected chi connectivity index (χ2v) is 7.66. The number of hydrogen-bond acceptors (Lipinski definition) is 3. The standard InChI is InChI=1S/C16H28N2O2S/c1-6-15-8-7-14(11-17-5)10-16(15)21(19,20)18-13(4)9-12(2)3/h7-8,10,12-13,17-18H,6,9,11H2,1-5H3. The Hall–Kier alpha value is -0.910. The number of hydrogen-bond donors (Lipinski definition) is 2. The summed E-state index contributed by atoms with van der Waals surface area (Å²) in [4.78, 5) is 0.411. The average Bonchev–Trinajstić information content (AvgIpc) is 2.37. The minimum Gasteiger partial charge on any atom is -0.316 e. The highest BCUT2D eigenvalue weighted by atomic mass is 32.2. The highest BCUT2D eigenvalue weighted by Gasteiger charge is 2.21. The van der Waals surface area contributed by atoms with Gasteiger partial charge >= 0.3 is 0 Å². The lowest BCUT2D eigenvalue weighted by Crippen LogP contribution is -2.34. The lowest BCUT2D eigenvalue weighted by molar-refractivity contribution is 0.482. The van der Waals surface area contributed by atoms with E-state index < -0.39 is 10.0 Å². The Morgan fingerprint density at radius 1 is 1.19 bits per heavy atom. The first-order valence-corrected chi connectivity index (χ1v) is 9.07. The summed E-state index contributed by atoms with van der Waals surface area (Å²) >= 11 is 0. The summed E-state index contributed by atoms with van der Waals surface area (Å²) in [5.74, 6) is 0.462. The van der Waals surface area contributed by atoms with Crippen LogP contribution in [0.5, 0.6) is 0 Å². The number of rotatable bonds is 8. The largest absolute Gasteiger partial charge is 0.316 e. The SMILES string of the molecule is CCc1ccc(CNC)cc1S(=O)(=O)NC(C)CC(C)C. The van der Waals surface area contributed by atoms with Gasteiger partial charge in [0.1, 0.15) is 0 Å². The topological polar surface area (TPSA) is 58.2 Å². The monoisotopic (exact) mass is 312 g/mol. The molecule has 0 fully saturated rings. The predicted octanol–water partition coefficient (Wildman–Crippen LogP) is 2.68. The van der Waals surface area contributed by atoms with Crippen LogP contribution in [-0.4, -0.2) is 21.5 Å². The van der Waals surface area contributed by atoms with Crippen LogP contribution < -0.4 is 10.0 Å². The zero-order chi connectivity index (χ0) is 16.0. The molecule has 0 aliphatic heterocycles. The van der Waals surface area contributed by atoms with Crippen molar-refractivity contribution in [3.8, 4) is 0 Å². The van der Waals surface area contributed by atoms with Gasteiger partial charge in [0.05, 0.1) is 4.90 Å². The van der Waals surface area contributed by atoms with Crippen LogP contribution in [0.25, 0.3) is 0 Å². The van der Waals surface area contributed by atoms with Gasteiger partial charge in [0.25, 0.3) is 0 Å². The Labute approximate surface area is 129 Å². The molecule has 0 saturated carbocycles. The molecule has 1 aromatic rings. The molecule has 0 amide bonds. The zero-order valence-electron chi connectivity index (χ0n) is 13.7. The maximum atomic E-state index is 12.6. The Balaban J connectivity index is 3.07. The molecule has 120 valence electrons. The molecule has 0 radical (unpaired) electrons. The van der Waals surface area contributed by atoms with Crippen LogP contribution in [0, 0.1) is 5.92 Å². The van der Waals surface area contributed by atoms with E-state index in [9.17, 15) is 8.42 Å².